The Labute approximate surface area is 126 Å². The third kappa shape index (κ3) is 3.50. The third-order valence-corrected chi connectivity index (χ3v) is 4.06. The average Bonchev–Trinajstić information content (AvgIpc) is 2.41. The molecule has 0 spiro atoms. The Hall–Kier alpha value is -1.50. The van der Waals surface area contributed by atoms with Crippen molar-refractivity contribution in [3.8, 4) is 6.07 Å². The Bertz CT molecular complexity index is 647. The van der Waals surface area contributed by atoms with Gasteiger partial charge >= 0.3 is 0 Å². The zero-order chi connectivity index (χ0) is 13.8. The molecule has 0 aliphatic rings. The van der Waals surface area contributed by atoms with Crippen molar-refractivity contribution >= 4 is 33.2 Å². The Morgan fingerprint density at radius 2 is 2.05 bits per heavy atom. The van der Waals surface area contributed by atoms with E-state index in [0.717, 1.165) is 15.7 Å². The van der Waals surface area contributed by atoms with E-state index >= 15 is 0 Å². The van der Waals surface area contributed by atoms with Gasteiger partial charge in [-0.25, -0.2) is 0 Å². The van der Waals surface area contributed by atoms with Gasteiger partial charge in [-0.05, 0) is 48.4 Å². The predicted molar refractivity (Wildman–Crippen MR) is 82.4 cm³/mol. The van der Waals surface area contributed by atoms with Crippen LogP contribution in [0.1, 0.15) is 16.7 Å². The molecule has 0 bridgehead atoms. The van der Waals surface area contributed by atoms with E-state index < -0.39 is 0 Å². The molecule has 0 unspecified atom stereocenters. The highest BCUT2D eigenvalue weighted by Gasteiger charge is 2.02. The number of aryl methyl sites for hydroxylation is 1. The van der Waals surface area contributed by atoms with Crippen molar-refractivity contribution in [1.29, 1.82) is 5.26 Å². The van der Waals surface area contributed by atoms with E-state index in [2.05, 4.69) is 33.4 Å². The third-order valence-electron chi connectivity index (χ3n) is 2.82. The highest BCUT2D eigenvalue weighted by atomic mass is 79.9. The summed E-state index contributed by atoms with van der Waals surface area (Å²) < 4.78 is 1.09. The zero-order valence-corrected chi connectivity index (χ0v) is 12.7. The first-order valence-electron chi connectivity index (χ1n) is 5.78. The zero-order valence-electron chi connectivity index (χ0n) is 10.4. The second-order valence-electron chi connectivity index (χ2n) is 4.24. The molecule has 0 saturated heterocycles. The van der Waals surface area contributed by atoms with Crippen LogP contribution < -0.4 is 5.32 Å². The SMILES string of the molecule is Cc1cc(NCc2ccc(C#N)cc2Cl)ccc1Br. The fraction of sp³-hybridized carbons (Fsp3) is 0.133. The quantitative estimate of drug-likeness (QED) is 0.866. The number of anilines is 1. The van der Waals surface area contributed by atoms with Crippen LogP contribution in [0.4, 0.5) is 5.69 Å². The van der Waals surface area contributed by atoms with Crippen LogP contribution in [0.15, 0.2) is 40.9 Å². The van der Waals surface area contributed by atoms with E-state index in [1.165, 1.54) is 5.56 Å². The summed E-state index contributed by atoms with van der Waals surface area (Å²) in [4.78, 5) is 0. The summed E-state index contributed by atoms with van der Waals surface area (Å²) in [5, 5.41) is 12.7. The highest BCUT2D eigenvalue weighted by Crippen LogP contribution is 2.22. The van der Waals surface area contributed by atoms with E-state index in [-0.39, 0.29) is 0 Å². The Morgan fingerprint density at radius 1 is 1.26 bits per heavy atom. The van der Waals surface area contributed by atoms with Crippen molar-refractivity contribution in [3.63, 3.8) is 0 Å². The van der Waals surface area contributed by atoms with Crippen LogP contribution in [0.5, 0.6) is 0 Å². The van der Waals surface area contributed by atoms with Crippen molar-refractivity contribution in [2.24, 2.45) is 0 Å². The van der Waals surface area contributed by atoms with Crippen molar-refractivity contribution in [2.45, 2.75) is 13.5 Å². The Kier molecular flexibility index (Phi) is 4.47. The summed E-state index contributed by atoms with van der Waals surface area (Å²) in [5.41, 5.74) is 3.77. The van der Waals surface area contributed by atoms with Gasteiger partial charge in [-0.2, -0.15) is 5.26 Å². The van der Waals surface area contributed by atoms with Gasteiger partial charge in [0.15, 0.2) is 0 Å². The van der Waals surface area contributed by atoms with E-state index in [1.807, 2.05) is 25.1 Å². The lowest BCUT2D eigenvalue weighted by atomic mass is 10.1. The largest absolute Gasteiger partial charge is 0.381 e. The number of nitriles is 1. The average molecular weight is 336 g/mol. The normalized spacial score (nSPS) is 10.0. The van der Waals surface area contributed by atoms with Gasteiger partial charge in [0.1, 0.15) is 0 Å². The number of hydrogen-bond acceptors (Lipinski definition) is 2. The minimum Gasteiger partial charge on any atom is -0.381 e. The van der Waals surface area contributed by atoms with Gasteiger partial charge in [-0.15, -0.1) is 0 Å². The molecule has 2 aromatic carbocycles. The summed E-state index contributed by atoms with van der Waals surface area (Å²) >= 11 is 9.61. The molecule has 96 valence electrons. The molecule has 4 heteroatoms. The number of halogens is 2. The molecular formula is C15H12BrClN2. The van der Waals surface area contributed by atoms with Crippen LogP contribution in [0, 0.1) is 18.3 Å². The Morgan fingerprint density at radius 3 is 2.68 bits per heavy atom. The van der Waals surface area contributed by atoms with E-state index in [1.54, 1.807) is 12.1 Å². The summed E-state index contributed by atoms with van der Waals surface area (Å²) in [6.45, 7) is 2.68. The van der Waals surface area contributed by atoms with E-state index in [4.69, 9.17) is 16.9 Å². The first-order valence-corrected chi connectivity index (χ1v) is 6.96. The summed E-state index contributed by atoms with van der Waals surface area (Å²) in [6, 6.07) is 13.5. The van der Waals surface area contributed by atoms with Crippen LogP contribution in [0.3, 0.4) is 0 Å². The fourth-order valence-electron chi connectivity index (χ4n) is 1.71. The van der Waals surface area contributed by atoms with Crippen molar-refractivity contribution in [2.75, 3.05) is 5.32 Å². The maximum atomic E-state index is 8.79. The van der Waals surface area contributed by atoms with Gasteiger partial charge in [0.05, 0.1) is 11.6 Å². The molecule has 19 heavy (non-hydrogen) atoms. The molecule has 2 rings (SSSR count). The second-order valence-corrected chi connectivity index (χ2v) is 5.50. The summed E-state index contributed by atoms with van der Waals surface area (Å²) in [7, 11) is 0. The molecule has 0 fully saturated rings. The molecule has 0 aliphatic heterocycles. The van der Waals surface area contributed by atoms with Crippen LogP contribution in [0.2, 0.25) is 5.02 Å². The Balaban J connectivity index is 2.10. The molecule has 0 aliphatic carbocycles. The number of hydrogen-bond donors (Lipinski definition) is 1. The van der Waals surface area contributed by atoms with E-state index in [9.17, 15) is 0 Å². The predicted octanol–water partition coefficient (Wildman–Crippen LogP) is 4.89. The minimum atomic E-state index is 0.577. The molecule has 2 aromatic rings. The van der Waals surface area contributed by atoms with Crippen LogP contribution in [-0.2, 0) is 6.54 Å². The van der Waals surface area contributed by atoms with Crippen molar-refractivity contribution in [1.82, 2.24) is 0 Å². The lowest BCUT2D eigenvalue weighted by Gasteiger charge is -2.09. The number of rotatable bonds is 3. The molecule has 0 amide bonds. The smallest absolute Gasteiger partial charge is 0.0992 e. The monoisotopic (exact) mass is 334 g/mol. The molecule has 0 heterocycles. The number of nitrogens with one attached hydrogen (secondary N) is 1. The molecule has 0 saturated carbocycles. The second kappa shape index (κ2) is 6.10. The minimum absolute atomic E-state index is 0.577. The van der Waals surface area contributed by atoms with Gasteiger partial charge < -0.3 is 5.32 Å². The summed E-state index contributed by atoms with van der Waals surface area (Å²) in [6.07, 6.45) is 0. The molecule has 0 radical (unpaired) electrons. The lowest BCUT2D eigenvalue weighted by molar-refractivity contribution is 1.14. The molecule has 0 aromatic heterocycles. The van der Waals surface area contributed by atoms with Gasteiger partial charge in [0, 0.05) is 21.7 Å². The number of nitrogens with zero attached hydrogens (tertiary/aromatic N) is 1. The first-order chi connectivity index (χ1) is 9.10. The maximum absolute atomic E-state index is 8.79. The van der Waals surface area contributed by atoms with Gasteiger partial charge in [0.2, 0.25) is 0 Å². The van der Waals surface area contributed by atoms with Gasteiger partial charge in [-0.3, -0.25) is 0 Å². The van der Waals surface area contributed by atoms with Gasteiger partial charge in [-0.1, -0.05) is 33.6 Å². The molecule has 0 atom stereocenters. The highest BCUT2D eigenvalue weighted by molar-refractivity contribution is 9.10. The molecule has 2 nitrogen and oxygen atoms in total. The van der Waals surface area contributed by atoms with Gasteiger partial charge in [0.25, 0.3) is 0 Å². The van der Waals surface area contributed by atoms with Crippen LogP contribution in [-0.4, -0.2) is 0 Å². The topological polar surface area (TPSA) is 35.8 Å². The van der Waals surface area contributed by atoms with Crippen molar-refractivity contribution < 1.29 is 0 Å². The number of benzene rings is 2. The fourth-order valence-corrected chi connectivity index (χ4v) is 2.21. The maximum Gasteiger partial charge on any atom is 0.0992 e. The van der Waals surface area contributed by atoms with Crippen molar-refractivity contribution in [3.05, 3.63) is 62.6 Å². The lowest BCUT2D eigenvalue weighted by Crippen LogP contribution is -2.00. The summed E-state index contributed by atoms with van der Waals surface area (Å²) in [5.74, 6) is 0. The van der Waals surface area contributed by atoms with E-state index in [0.29, 0.717) is 17.1 Å². The molecular weight excluding hydrogens is 324 g/mol. The first kappa shape index (κ1) is 13.9. The van der Waals surface area contributed by atoms with Crippen LogP contribution >= 0.6 is 27.5 Å². The molecule has 1 N–H and O–H groups in total. The standard InChI is InChI=1S/C15H12BrClN2/c1-10-6-13(4-5-14(10)16)19-9-12-3-2-11(8-18)7-15(12)17/h2-7,19H,9H2,1H3. The van der Waals surface area contributed by atoms with Crippen LogP contribution in [0.25, 0.3) is 0 Å².